The first-order valence-electron chi connectivity index (χ1n) is 9.44. The summed E-state index contributed by atoms with van der Waals surface area (Å²) in [7, 11) is 0. The van der Waals surface area contributed by atoms with Crippen molar-refractivity contribution in [3.8, 4) is 5.69 Å². The van der Waals surface area contributed by atoms with E-state index in [1.807, 2.05) is 36.8 Å². The zero-order chi connectivity index (χ0) is 18.5. The Kier molecular flexibility index (Phi) is 5.53. The van der Waals surface area contributed by atoms with Crippen molar-refractivity contribution in [1.82, 2.24) is 14.9 Å². The molecular formula is C21H24N4OS. The van der Waals surface area contributed by atoms with Gasteiger partial charge in [0.05, 0.1) is 5.69 Å². The summed E-state index contributed by atoms with van der Waals surface area (Å²) in [5.74, 6) is 1.28. The number of anilines is 1. The van der Waals surface area contributed by atoms with E-state index >= 15 is 0 Å². The minimum absolute atomic E-state index is 0.100. The summed E-state index contributed by atoms with van der Waals surface area (Å²) >= 11 is 1.74. The molecule has 1 fully saturated rings. The summed E-state index contributed by atoms with van der Waals surface area (Å²) in [4.78, 5) is 20.7. The molecule has 1 N–H and O–H groups in total. The molecule has 1 aliphatic heterocycles. The number of carbonyl (C=O) groups excluding carboxylic acids is 1. The van der Waals surface area contributed by atoms with Crippen molar-refractivity contribution in [3.05, 3.63) is 65.2 Å². The van der Waals surface area contributed by atoms with Gasteiger partial charge in [-0.1, -0.05) is 6.07 Å². The zero-order valence-corrected chi connectivity index (χ0v) is 16.1. The van der Waals surface area contributed by atoms with Crippen molar-refractivity contribution >= 4 is 23.1 Å². The number of hydrogen-bond donors (Lipinski definition) is 1. The van der Waals surface area contributed by atoms with E-state index in [0.717, 1.165) is 50.4 Å². The van der Waals surface area contributed by atoms with E-state index in [-0.39, 0.29) is 11.8 Å². The minimum atomic E-state index is 0.100. The summed E-state index contributed by atoms with van der Waals surface area (Å²) in [6.07, 6.45) is 8.56. The van der Waals surface area contributed by atoms with Crippen LogP contribution in [0.3, 0.4) is 0 Å². The lowest BCUT2D eigenvalue weighted by Crippen LogP contribution is -2.41. The van der Waals surface area contributed by atoms with Crippen LogP contribution in [0.1, 0.15) is 17.7 Å². The Morgan fingerprint density at radius 2 is 1.96 bits per heavy atom. The fourth-order valence-corrected chi connectivity index (χ4v) is 4.30. The second-order valence-electron chi connectivity index (χ2n) is 6.82. The number of pyridine rings is 1. The van der Waals surface area contributed by atoms with E-state index in [0.29, 0.717) is 0 Å². The number of aromatic nitrogens is 2. The maximum atomic E-state index is 12.5. The van der Waals surface area contributed by atoms with Gasteiger partial charge in [-0.25, -0.2) is 4.98 Å². The van der Waals surface area contributed by atoms with Gasteiger partial charge in [0.25, 0.3) is 0 Å². The van der Waals surface area contributed by atoms with Gasteiger partial charge < -0.3 is 14.8 Å². The molecule has 6 heteroatoms. The molecule has 0 saturated carbocycles. The van der Waals surface area contributed by atoms with Gasteiger partial charge in [-0.05, 0) is 55.0 Å². The van der Waals surface area contributed by atoms with Gasteiger partial charge in [0, 0.05) is 49.0 Å². The standard InChI is InChI=1S/C21H24N4OS/c26-21(23-11-7-18-5-4-16-27-18)17-8-14-25(15-9-17)20-19(6-3-10-22-20)24-12-1-2-13-24/h1-6,10,12-13,16-17H,7-9,11,14-15H2,(H,23,26). The Balaban J connectivity index is 1.32. The Morgan fingerprint density at radius 3 is 2.70 bits per heavy atom. The van der Waals surface area contributed by atoms with Crippen molar-refractivity contribution < 1.29 is 4.79 Å². The fourth-order valence-electron chi connectivity index (χ4n) is 3.59. The normalized spacial score (nSPS) is 15.0. The SMILES string of the molecule is O=C(NCCc1cccs1)C1CCN(c2ncccc2-n2cccc2)CC1. The molecule has 27 heavy (non-hydrogen) atoms. The average Bonchev–Trinajstić information content (AvgIpc) is 3.42. The molecule has 3 aromatic heterocycles. The second-order valence-corrected chi connectivity index (χ2v) is 7.85. The molecule has 3 aromatic rings. The maximum absolute atomic E-state index is 12.5. The smallest absolute Gasteiger partial charge is 0.223 e. The molecule has 4 rings (SSSR count). The Labute approximate surface area is 163 Å². The lowest BCUT2D eigenvalue weighted by molar-refractivity contribution is -0.125. The van der Waals surface area contributed by atoms with Gasteiger partial charge in [0.1, 0.15) is 0 Å². The number of hydrogen-bond acceptors (Lipinski definition) is 4. The first-order chi connectivity index (χ1) is 13.3. The third-order valence-electron chi connectivity index (χ3n) is 5.06. The molecule has 4 heterocycles. The van der Waals surface area contributed by atoms with Crippen LogP contribution in [-0.2, 0) is 11.2 Å². The van der Waals surface area contributed by atoms with Crippen LogP contribution in [0.5, 0.6) is 0 Å². The number of nitrogens with zero attached hydrogens (tertiary/aromatic N) is 3. The van der Waals surface area contributed by atoms with Gasteiger partial charge >= 0.3 is 0 Å². The first-order valence-corrected chi connectivity index (χ1v) is 10.3. The second kappa shape index (κ2) is 8.39. The van der Waals surface area contributed by atoms with Crippen molar-refractivity contribution in [3.63, 3.8) is 0 Å². The number of thiophene rings is 1. The van der Waals surface area contributed by atoms with Crippen molar-refractivity contribution in [2.45, 2.75) is 19.3 Å². The maximum Gasteiger partial charge on any atom is 0.223 e. The van der Waals surface area contributed by atoms with Crippen LogP contribution in [0.15, 0.2) is 60.4 Å². The first kappa shape index (κ1) is 17.8. The fraction of sp³-hybridized carbons (Fsp3) is 0.333. The van der Waals surface area contributed by atoms with E-state index in [1.54, 1.807) is 11.3 Å². The highest BCUT2D eigenvalue weighted by Gasteiger charge is 2.26. The predicted molar refractivity (Wildman–Crippen MR) is 110 cm³/mol. The highest BCUT2D eigenvalue weighted by molar-refractivity contribution is 7.09. The monoisotopic (exact) mass is 380 g/mol. The number of amides is 1. The van der Waals surface area contributed by atoms with Crippen molar-refractivity contribution in [2.24, 2.45) is 5.92 Å². The Morgan fingerprint density at radius 1 is 1.15 bits per heavy atom. The van der Waals surface area contributed by atoms with E-state index in [4.69, 9.17) is 0 Å². The molecule has 0 spiro atoms. The average molecular weight is 381 g/mol. The molecule has 1 saturated heterocycles. The van der Waals surface area contributed by atoms with Gasteiger partial charge in [0.15, 0.2) is 5.82 Å². The van der Waals surface area contributed by atoms with Crippen LogP contribution >= 0.6 is 11.3 Å². The lowest BCUT2D eigenvalue weighted by atomic mass is 9.95. The molecule has 5 nitrogen and oxygen atoms in total. The van der Waals surface area contributed by atoms with Crippen LogP contribution < -0.4 is 10.2 Å². The lowest BCUT2D eigenvalue weighted by Gasteiger charge is -2.33. The zero-order valence-electron chi connectivity index (χ0n) is 15.3. The largest absolute Gasteiger partial charge is 0.355 e. The number of rotatable bonds is 6. The molecule has 0 radical (unpaired) electrons. The summed E-state index contributed by atoms with van der Waals surface area (Å²) in [5.41, 5.74) is 1.08. The molecule has 1 aliphatic rings. The molecular weight excluding hydrogens is 356 g/mol. The van der Waals surface area contributed by atoms with E-state index < -0.39 is 0 Å². The van der Waals surface area contributed by atoms with Crippen LogP contribution in [0.4, 0.5) is 5.82 Å². The number of piperidine rings is 1. The molecule has 0 aromatic carbocycles. The van der Waals surface area contributed by atoms with Gasteiger partial charge in [-0.15, -0.1) is 11.3 Å². The highest BCUT2D eigenvalue weighted by atomic mass is 32.1. The number of nitrogens with one attached hydrogen (secondary N) is 1. The molecule has 0 aliphatic carbocycles. The summed E-state index contributed by atoms with van der Waals surface area (Å²) < 4.78 is 2.09. The van der Waals surface area contributed by atoms with Gasteiger partial charge in [0.2, 0.25) is 5.91 Å². The number of carbonyl (C=O) groups is 1. The van der Waals surface area contributed by atoms with E-state index in [1.165, 1.54) is 4.88 Å². The van der Waals surface area contributed by atoms with Crippen molar-refractivity contribution in [1.29, 1.82) is 0 Å². The van der Waals surface area contributed by atoms with Gasteiger partial charge in [-0.2, -0.15) is 0 Å². The Bertz CT molecular complexity index is 852. The summed E-state index contributed by atoms with van der Waals surface area (Å²) in [6, 6.07) is 12.3. The molecule has 0 bridgehead atoms. The summed E-state index contributed by atoms with van der Waals surface area (Å²) in [5, 5.41) is 5.18. The summed E-state index contributed by atoms with van der Waals surface area (Å²) in [6.45, 7) is 2.43. The molecule has 0 unspecified atom stereocenters. The van der Waals surface area contributed by atoms with Crippen LogP contribution in [0, 0.1) is 5.92 Å². The highest BCUT2D eigenvalue weighted by Crippen LogP contribution is 2.27. The Hall–Kier alpha value is -2.60. The third kappa shape index (κ3) is 4.22. The topological polar surface area (TPSA) is 50.2 Å². The van der Waals surface area contributed by atoms with Gasteiger partial charge in [-0.3, -0.25) is 4.79 Å². The predicted octanol–water partition coefficient (Wildman–Crippen LogP) is 3.51. The van der Waals surface area contributed by atoms with Crippen molar-refractivity contribution in [2.75, 3.05) is 24.5 Å². The quantitative estimate of drug-likeness (QED) is 0.712. The third-order valence-corrected chi connectivity index (χ3v) is 6.00. The van der Waals surface area contributed by atoms with E-state index in [9.17, 15) is 4.79 Å². The molecule has 0 atom stereocenters. The molecule has 140 valence electrons. The molecule has 1 amide bonds. The van der Waals surface area contributed by atoms with E-state index in [2.05, 4.69) is 43.3 Å². The van der Waals surface area contributed by atoms with Crippen LogP contribution in [0.25, 0.3) is 5.69 Å². The van der Waals surface area contributed by atoms with Crippen LogP contribution in [0.2, 0.25) is 0 Å². The van der Waals surface area contributed by atoms with Crippen LogP contribution in [-0.4, -0.2) is 35.1 Å². The minimum Gasteiger partial charge on any atom is -0.355 e.